The lowest BCUT2D eigenvalue weighted by Crippen LogP contribution is -2.40. The fourth-order valence-electron chi connectivity index (χ4n) is 3.00. The van der Waals surface area contributed by atoms with Crippen LogP contribution in [-0.4, -0.2) is 30.8 Å². The predicted molar refractivity (Wildman–Crippen MR) is 78.0 cm³/mol. The summed E-state index contributed by atoms with van der Waals surface area (Å²) < 4.78 is 0. The molecule has 2 fully saturated rings. The number of ketones is 1. The van der Waals surface area contributed by atoms with Crippen LogP contribution in [-0.2, 0) is 4.79 Å². The maximum absolute atomic E-state index is 12.4. The van der Waals surface area contributed by atoms with Gasteiger partial charge in [0.25, 0.3) is 0 Å². The van der Waals surface area contributed by atoms with Crippen LogP contribution in [0.4, 0.5) is 5.69 Å². The molecule has 4 heteroatoms. The Morgan fingerprint density at radius 3 is 2.55 bits per heavy atom. The lowest BCUT2D eigenvalue weighted by atomic mass is 9.96. The number of nitrogens with one attached hydrogen (secondary N) is 1. The van der Waals surface area contributed by atoms with Crippen molar-refractivity contribution in [2.24, 2.45) is 0 Å². The lowest BCUT2D eigenvalue weighted by Gasteiger charge is -2.22. The first-order valence-corrected chi connectivity index (χ1v) is 7.44. The number of amides is 1. The van der Waals surface area contributed by atoms with Gasteiger partial charge >= 0.3 is 0 Å². The molecule has 1 aromatic rings. The van der Waals surface area contributed by atoms with E-state index in [0.29, 0.717) is 6.42 Å². The summed E-state index contributed by atoms with van der Waals surface area (Å²) in [5.74, 6) is 0.349. The molecule has 106 valence electrons. The van der Waals surface area contributed by atoms with Crippen molar-refractivity contribution in [3.63, 3.8) is 0 Å². The van der Waals surface area contributed by atoms with Gasteiger partial charge in [-0.25, -0.2) is 0 Å². The molecule has 2 heterocycles. The van der Waals surface area contributed by atoms with Crippen LogP contribution in [0.5, 0.6) is 0 Å². The molecule has 0 saturated carbocycles. The van der Waals surface area contributed by atoms with E-state index in [0.717, 1.165) is 50.0 Å². The van der Waals surface area contributed by atoms with E-state index in [9.17, 15) is 9.59 Å². The zero-order valence-corrected chi connectivity index (χ0v) is 11.6. The number of benzene rings is 1. The minimum absolute atomic E-state index is 0.0389. The second kappa shape index (κ2) is 5.75. The van der Waals surface area contributed by atoms with E-state index < -0.39 is 0 Å². The summed E-state index contributed by atoms with van der Waals surface area (Å²) in [7, 11) is 0. The molecule has 0 aliphatic carbocycles. The van der Waals surface area contributed by atoms with Crippen LogP contribution >= 0.6 is 0 Å². The molecule has 20 heavy (non-hydrogen) atoms. The standard InChI is InChI=1S/C16H20N2O2/c19-15-5-3-11-18(15)13-8-6-12(7-9-13)16(20)14-4-1-2-10-17-14/h6-9,14,17H,1-5,10-11H2. The van der Waals surface area contributed by atoms with Crippen molar-refractivity contribution in [2.75, 3.05) is 18.0 Å². The van der Waals surface area contributed by atoms with Crippen LogP contribution in [0.3, 0.4) is 0 Å². The first-order chi connectivity index (χ1) is 9.75. The maximum Gasteiger partial charge on any atom is 0.227 e. The number of Topliss-reactive ketones (excluding diaryl/α,β-unsaturated/α-hetero) is 1. The number of nitrogens with zero attached hydrogens (tertiary/aromatic N) is 1. The Bertz CT molecular complexity index is 504. The normalized spacial score (nSPS) is 23.1. The highest BCUT2D eigenvalue weighted by Crippen LogP contribution is 2.22. The van der Waals surface area contributed by atoms with E-state index in [-0.39, 0.29) is 17.7 Å². The van der Waals surface area contributed by atoms with Gasteiger partial charge in [0.05, 0.1) is 6.04 Å². The highest BCUT2D eigenvalue weighted by Gasteiger charge is 2.24. The molecule has 2 saturated heterocycles. The van der Waals surface area contributed by atoms with E-state index in [1.807, 2.05) is 24.3 Å². The first kappa shape index (κ1) is 13.3. The SMILES string of the molecule is O=C(c1ccc(N2CCCC2=O)cc1)C1CCCCN1. The van der Waals surface area contributed by atoms with Crippen molar-refractivity contribution in [1.82, 2.24) is 5.32 Å². The van der Waals surface area contributed by atoms with Gasteiger partial charge in [0, 0.05) is 24.2 Å². The fourth-order valence-corrected chi connectivity index (χ4v) is 3.00. The van der Waals surface area contributed by atoms with Crippen LogP contribution in [0.2, 0.25) is 0 Å². The summed E-state index contributed by atoms with van der Waals surface area (Å²) in [5, 5.41) is 3.28. The topological polar surface area (TPSA) is 49.4 Å². The average molecular weight is 272 g/mol. The summed E-state index contributed by atoms with van der Waals surface area (Å²) in [4.78, 5) is 25.8. The average Bonchev–Trinajstić information content (AvgIpc) is 2.94. The Kier molecular flexibility index (Phi) is 3.83. The molecule has 4 nitrogen and oxygen atoms in total. The van der Waals surface area contributed by atoms with Gasteiger partial charge in [-0.2, -0.15) is 0 Å². The van der Waals surface area contributed by atoms with Crippen LogP contribution in [0.25, 0.3) is 0 Å². The second-order valence-electron chi connectivity index (χ2n) is 5.56. The van der Waals surface area contributed by atoms with Gasteiger partial charge < -0.3 is 10.2 Å². The van der Waals surface area contributed by atoms with Gasteiger partial charge in [-0.15, -0.1) is 0 Å². The fraction of sp³-hybridized carbons (Fsp3) is 0.500. The van der Waals surface area contributed by atoms with Crippen molar-refractivity contribution in [3.8, 4) is 0 Å². The molecule has 1 N–H and O–H groups in total. The third-order valence-corrected chi connectivity index (χ3v) is 4.16. The molecule has 1 amide bonds. The Morgan fingerprint density at radius 2 is 1.95 bits per heavy atom. The molecule has 1 aromatic carbocycles. The highest BCUT2D eigenvalue weighted by atomic mass is 16.2. The van der Waals surface area contributed by atoms with Gasteiger partial charge in [-0.3, -0.25) is 9.59 Å². The molecule has 1 atom stereocenters. The molecule has 0 aromatic heterocycles. The number of anilines is 1. The summed E-state index contributed by atoms with van der Waals surface area (Å²) in [6.45, 7) is 1.72. The molecule has 0 spiro atoms. The van der Waals surface area contributed by atoms with Crippen LogP contribution < -0.4 is 10.2 Å². The molecule has 3 rings (SSSR count). The van der Waals surface area contributed by atoms with Crippen molar-refractivity contribution in [1.29, 1.82) is 0 Å². The second-order valence-corrected chi connectivity index (χ2v) is 5.56. The lowest BCUT2D eigenvalue weighted by molar-refractivity contribution is -0.117. The van der Waals surface area contributed by atoms with Crippen LogP contribution in [0.1, 0.15) is 42.5 Å². The number of carbonyl (C=O) groups is 2. The van der Waals surface area contributed by atoms with Crippen molar-refractivity contribution in [2.45, 2.75) is 38.1 Å². The largest absolute Gasteiger partial charge is 0.312 e. The molecular weight excluding hydrogens is 252 g/mol. The van der Waals surface area contributed by atoms with E-state index >= 15 is 0 Å². The summed E-state index contributed by atoms with van der Waals surface area (Å²) in [5.41, 5.74) is 1.64. The zero-order valence-electron chi connectivity index (χ0n) is 11.6. The molecule has 1 unspecified atom stereocenters. The number of piperidine rings is 1. The minimum atomic E-state index is -0.0389. The van der Waals surface area contributed by atoms with Crippen LogP contribution in [0, 0.1) is 0 Å². The van der Waals surface area contributed by atoms with Gasteiger partial charge in [0.15, 0.2) is 5.78 Å². The minimum Gasteiger partial charge on any atom is -0.312 e. The van der Waals surface area contributed by atoms with Crippen molar-refractivity contribution < 1.29 is 9.59 Å². The van der Waals surface area contributed by atoms with E-state index in [1.54, 1.807) is 4.90 Å². The molecule has 0 bridgehead atoms. The first-order valence-electron chi connectivity index (χ1n) is 7.44. The maximum atomic E-state index is 12.4. The third-order valence-electron chi connectivity index (χ3n) is 4.16. The quantitative estimate of drug-likeness (QED) is 0.858. The van der Waals surface area contributed by atoms with Gasteiger partial charge in [0.2, 0.25) is 5.91 Å². The number of hydrogen-bond acceptors (Lipinski definition) is 3. The number of hydrogen-bond donors (Lipinski definition) is 1. The zero-order chi connectivity index (χ0) is 13.9. The summed E-state index contributed by atoms with van der Waals surface area (Å²) >= 11 is 0. The third kappa shape index (κ3) is 2.61. The summed E-state index contributed by atoms with van der Waals surface area (Å²) in [6.07, 6.45) is 4.74. The Balaban J connectivity index is 1.72. The van der Waals surface area contributed by atoms with Gasteiger partial charge in [-0.1, -0.05) is 6.42 Å². The van der Waals surface area contributed by atoms with Crippen LogP contribution in [0.15, 0.2) is 24.3 Å². The monoisotopic (exact) mass is 272 g/mol. The summed E-state index contributed by atoms with van der Waals surface area (Å²) in [6, 6.07) is 7.43. The van der Waals surface area contributed by atoms with E-state index in [1.165, 1.54) is 0 Å². The Labute approximate surface area is 119 Å². The number of rotatable bonds is 3. The number of carbonyl (C=O) groups excluding carboxylic acids is 2. The Hall–Kier alpha value is -1.68. The molecular formula is C16H20N2O2. The molecule has 2 aliphatic heterocycles. The Morgan fingerprint density at radius 1 is 1.15 bits per heavy atom. The molecule has 0 radical (unpaired) electrons. The smallest absolute Gasteiger partial charge is 0.227 e. The van der Waals surface area contributed by atoms with Crippen molar-refractivity contribution in [3.05, 3.63) is 29.8 Å². The van der Waals surface area contributed by atoms with E-state index in [2.05, 4.69) is 5.32 Å². The van der Waals surface area contributed by atoms with Crippen molar-refractivity contribution >= 4 is 17.4 Å². The predicted octanol–water partition coefficient (Wildman–Crippen LogP) is 2.14. The van der Waals surface area contributed by atoms with E-state index in [4.69, 9.17) is 0 Å². The van der Waals surface area contributed by atoms with Gasteiger partial charge in [-0.05, 0) is 50.1 Å². The molecule has 2 aliphatic rings. The highest BCUT2D eigenvalue weighted by molar-refractivity contribution is 6.01. The van der Waals surface area contributed by atoms with Gasteiger partial charge in [0.1, 0.15) is 0 Å².